The zero-order valence-corrected chi connectivity index (χ0v) is 16.5. The Morgan fingerprint density at radius 1 is 1.32 bits per heavy atom. The molecule has 9 heteroatoms. The van der Waals surface area contributed by atoms with E-state index in [1.54, 1.807) is 0 Å². The lowest BCUT2D eigenvalue weighted by Crippen LogP contribution is -2.30. The highest BCUT2D eigenvalue weighted by atomic mass is 32.2. The number of nitrogens with zero attached hydrogens (tertiary/aromatic N) is 2. The molecule has 0 aromatic heterocycles. The normalized spacial score (nSPS) is 15.3. The number of rotatable bonds is 6. The number of nitro benzene ring substituents is 1. The molecular formula is C19H16N2O5S2. The van der Waals surface area contributed by atoms with Crippen molar-refractivity contribution in [3.05, 3.63) is 68.6 Å². The second-order valence-electron chi connectivity index (χ2n) is 5.91. The van der Waals surface area contributed by atoms with Crippen molar-refractivity contribution < 1.29 is 19.6 Å². The molecule has 1 N–H and O–H groups in total. The number of benzene rings is 2. The summed E-state index contributed by atoms with van der Waals surface area (Å²) >= 11 is 6.40. The van der Waals surface area contributed by atoms with Crippen LogP contribution < -0.4 is 4.74 Å². The van der Waals surface area contributed by atoms with E-state index in [4.69, 9.17) is 17.0 Å². The molecule has 2 aromatic rings. The van der Waals surface area contributed by atoms with Crippen molar-refractivity contribution in [1.29, 1.82) is 0 Å². The highest BCUT2D eigenvalue weighted by Gasteiger charge is 2.32. The predicted octanol–water partition coefficient (Wildman–Crippen LogP) is 3.75. The number of aromatic hydroxyl groups is 1. The van der Waals surface area contributed by atoms with Crippen LogP contribution in [0.25, 0.3) is 6.08 Å². The van der Waals surface area contributed by atoms with Gasteiger partial charge in [-0.25, -0.2) is 0 Å². The summed E-state index contributed by atoms with van der Waals surface area (Å²) in [7, 11) is 1.30. The Balaban J connectivity index is 1.85. The van der Waals surface area contributed by atoms with Crippen LogP contribution in [-0.4, -0.2) is 38.8 Å². The summed E-state index contributed by atoms with van der Waals surface area (Å²) in [6, 6.07) is 12.0. The maximum absolute atomic E-state index is 12.7. The van der Waals surface area contributed by atoms with Gasteiger partial charge < -0.3 is 9.84 Å². The third-order valence-corrected chi connectivity index (χ3v) is 5.52. The number of non-ortho nitro benzene ring substituents is 1. The summed E-state index contributed by atoms with van der Waals surface area (Å²) in [6.45, 7) is 0.427. The van der Waals surface area contributed by atoms with Gasteiger partial charge in [0, 0.05) is 18.2 Å². The monoisotopic (exact) mass is 416 g/mol. The number of thioether (sulfide) groups is 1. The second kappa shape index (κ2) is 8.41. The molecular weight excluding hydrogens is 400 g/mol. The molecule has 1 amide bonds. The van der Waals surface area contributed by atoms with E-state index in [0.29, 0.717) is 17.3 Å². The number of methoxy groups -OCH3 is 1. The molecule has 28 heavy (non-hydrogen) atoms. The molecule has 1 aliphatic rings. The van der Waals surface area contributed by atoms with Crippen molar-refractivity contribution in [1.82, 2.24) is 4.90 Å². The first-order chi connectivity index (χ1) is 13.4. The lowest BCUT2D eigenvalue weighted by Gasteiger charge is -2.14. The fourth-order valence-electron chi connectivity index (χ4n) is 2.70. The molecule has 0 saturated carbocycles. The molecule has 3 rings (SSSR count). The zero-order valence-electron chi connectivity index (χ0n) is 14.8. The van der Waals surface area contributed by atoms with Gasteiger partial charge in [-0.05, 0) is 18.1 Å². The smallest absolute Gasteiger partial charge is 0.274 e. The maximum Gasteiger partial charge on any atom is 0.274 e. The number of phenolic OH excluding ortho intramolecular Hbond substituents is 1. The number of carbonyl (C=O) groups excluding carboxylic acids is 1. The Kier molecular flexibility index (Phi) is 5.96. The molecule has 0 spiro atoms. The first kappa shape index (κ1) is 19.8. The third-order valence-electron chi connectivity index (χ3n) is 4.15. The third kappa shape index (κ3) is 4.15. The van der Waals surface area contributed by atoms with Crippen LogP contribution in [0.5, 0.6) is 11.5 Å². The number of nitro groups is 1. The number of hydrogen-bond donors (Lipinski definition) is 1. The maximum atomic E-state index is 12.7. The van der Waals surface area contributed by atoms with Gasteiger partial charge in [0.15, 0.2) is 11.5 Å². The minimum Gasteiger partial charge on any atom is -0.504 e. The van der Waals surface area contributed by atoms with E-state index in [2.05, 4.69) is 0 Å². The molecule has 0 bridgehead atoms. The van der Waals surface area contributed by atoms with Crippen LogP contribution in [0, 0.1) is 10.1 Å². The van der Waals surface area contributed by atoms with Gasteiger partial charge in [-0.1, -0.05) is 54.3 Å². The molecule has 0 atom stereocenters. The summed E-state index contributed by atoms with van der Waals surface area (Å²) in [5, 5.41) is 21.4. The second-order valence-corrected chi connectivity index (χ2v) is 7.59. The number of hydrogen-bond acceptors (Lipinski definition) is 7. The molecule has 144 valence electrons. The predicted molar refractivity (Wildman–Crippen MR) is 111 cm³/mol. The average Bonchev–Trinajstić information content (AvgIpc) is 2.95. The molecule has 0 aliphatic carbocycles. The number of thiocarbonyl (C=S) groups is 1. The van der Waals surface area contributed by atoms with Gasteiger partial charge in [0.1, 0.15) is 4.32 Å². The van der Waals surface area contributed by atoms with Gasteiger partial charge in [-0.2, -0.15) is 0 Å². The Bertz CT molecular complexity index is 976. The van der Waals surface area contributed by atoms with Gasteiger partial charge in [0.2, 0.25) is 0 Å². The summed E-state index contributed by atoms with van der Waals surface area (Å²) in [5.74, 6) is -0.613. The Hall–Kier alpha value is -2.91. The van der Waals surface area contributed by atoms with Crippen molar-refractivity contribution in [3.63, 3.8) is 0 Å². The number of ether oxygens (including phenoxy) is 1. The minimum atomic E-state index is -0.593. The number of amides is 1. The van der Waals surface area contributed by atoms with Crippen LogP contribution in [0.3, 0.4) is 0 Å². The van der Waals surface area contributed by atoms with Crippen LogP contribution in [0.2, 0.25) is 0 Å². The summed E-state index contributed by atoms with van der Waals surface area (Å²) < 4.78 is 5.39. The lowest BCUT2D eigenvalue weighted by molar-refractivity contribution is -0.385. The van der Waals surface area contributed by atoms with Gasteiger partial charge in [0.25, 0.3) is 11.6 Å². The van der Waals surface area contributed by atoms with Gasteiger partial charge >= 0.3 is 0 Å². The molecule has 1 saturated heterocycles. The summed E-state index contributed by atoms with van der Waals surface area (Å²) in [4.78, 5) is 25.0. The van der Waals surface area contributed by atoms with Crippen molar-refractivity contribution >= 4 is 46.0 Å². The van der Waals surface area contributed by atoms with Crippen molar-refractivity contribution in [3.8, 4) is 11.5 Å². The van der Waals surface area contributed by atoms with E-state index in [1.165, 1.54) is 24.2 Å². The minimum absolute atomic E-state index is 0.0417. The van der Waals surface area contributed by atoms with Crippen LogP contribution in [-0.2, 0) is 11.2 Å². The first-order valence-corrected chi connectivity index (χ1v) is 9.48. The largest absolute Gasteiger partial charge is 0.504 e. The fourth-order valence-corrected chi connectivity index (χ4v) is 4.00. The van der Waals surface area contributed by atoms with E-state index in [0.717, 1.165) is 23.4 Å². The Labute approximate surface area is 170 Å². The molecule has 7 nitrogen and oxygen atoms in total. The van der Waals surface area contributed by atoms with Crippen molar-refractivity contribution in [2.24, 2.45) is 0 Å². The number of carbonyl (C=O) groups is 1. The van der Waals surface area contributed by atoms with Crippen LogP contribution >= 0.6 is 24.0 Å². The van der Waals surface area contributed by atoms with Crippen LogP contribution in [0.1, 0.15) is 11.1 Å². The molecule has 1 heterocycles. The quantitative estimate of drug-likeness (QED) is 0.332. The fraction of sp³-hybridized carbons (Fsp3) is 0.158. The Morgan fingerprint density at radius 2 is 2.04 bits per heavy atom. The standard InChI is InChI=1S/C19H16N2O5S2/c1-26-15-11-14(21(24)25)9-13(17(15)22)10-16-18(23)20(19(27)28-16)8-7-12-5-3-2-4-6-12/h2-6,9-11,22H,7-8H2,1H3. The van der Waals surface area contributed by atoms with E-state index >= 15 is 0 Å². The SMILES string of the molecule is COc1cc([N+](=O)[O-])cc(C=C2SC(=S)N(CCc3ccccc3)C2=O)c1O. The van der Waals surface area contributed by atoms with Crippen molar-refractivity contribution in [2.45, 2.75) is 6.42 Å². The van der Waals surface area contributed by atoms with Gasteiger partial charge in [-0.15, -0.1) is 0 Å². The number of phenols is 1. The van der Waals surface area contributed by atoms with Crippen molar-refractivity contribution in [2.75, 3.05) is 13.7 Å². The molecule has 1 fully saturated rings. The average molecular weight is 416 g/mol. The summed E-state index contributed by atoms with van der Waals surface area (Å²) in [5.41, 5.74) is 0.955. The van der Waals surface area contributed by atoms with E-state index < -0.39 is 4.92 Å². The first-order valence-electron chi connectivity index (χ1n) is 8.25. The zero-order chi connectivity index (χ0) is 20.3. The molecule has 2 aromatic carbocycles. The summed E-state index contributed by atoms with van der Waals surface area (Å²) in [6.07, 6.45) is 2.04. The Morgan fingerprint density at radius 3 is 2.68 bits per heavy atom. The molecule has 1 aliphatic heterocycles. The lowest BCUT2D eigenvalue weighted by atomic mass is 10.1. The highest BCUT2D eigenvalue weighted by Crippen LogP contribution is 2.39. The molecule has 0 unspecified atom stereocenters. The molecule has 0 radical (unpaired) electrons. The topological polar surface area (TPSA) is 92.9 Å². The van der Waals surface area contributed by atoms with Crippen LogP contribution in [0.4, 0.5) is 5.69 Å². The van der Waals surface area contributed by atoms with Gasteiger partial charge in [0.05, 0.1) is 23.0 Å². The van der Waals surface area contributed by atoms with E-state index in [9.17, 15) is 20.0 Å². The van der Waals surface area contributed by atoms with Crippen LogP contribution in [0.15, 0.2) is 47.4 Å². The highest BCUT2D eigenvalue weighted by molar-refractivity contribution is 8.26. The van der Waals surface area contributed by atoms with E-state index in [1.807, 2.05) is 30.3 Å². The van der Waals surface area contributed by atoms with E-state index in [-0.39, 0.29) is 33.6 Å². The van der Waals surface area contributed by atoms with Gasteiger partial charge in [-0.3, -0.25) is 19.8 Å².